The van der Waals surface area contributed by atoms with Crippen molar-refractivity contribution in [2.75, 3.05) is 6.54 Å². The SMILES string of the molecule is C[C@@H](NC(=O)OCc1ccccc1)C(=O)NCCC(c1ccccc1)c1ccccc1. The number of benzene rings is 3. The Morgan fingerprint density at radius 2 is 1.32 bits per heavy atom. The molecule has 2 N–H and O–H groups in total. The van der Waals surface area contributed by atoms with Crippen LogP contribution in [-0.4, -0.2) is 24.6 Å². The summed E-state index contributed by atoms with van der Waals surface area (Å²) in [6, 6.07) is 29.2. The maximum atomic E-state index is 12.4. The van der Waals surface area contributed by atoms with Crippen molar-refractivity contribution < 1.29 is 14.3 Å². The maximum Gasteiger partial charge on any atom is 0.408 e. The van der Waals surface area contributed by atoms with Gasteiger partial charge in [-0.1, -0.05) is 91.0 Å². The Bertz CT molecular complexity index is 907. The van der Waals surface area contributed by atoms with Crippen molar-refractivity contribution in [2.45, 2.75) is 31.9 Å². The summed E-state index contributed by atoms with van der Waals surface area (Å²) in [5, 5.41) is 5.50. The second kappa shape index (κ2) is 11.6. The van der Waals surface area contributed by atoms with E-state index in [9.17, 15) is 9.59 Å². The summed E-state index contributed by atoms with van der Waals surface area (Å²) in [7, 11) is 0. The minimum atomic E-state index is -0.685. The van der Waals surface area contributed by atoms with Gasteiger partial charge in [0.25, 0.3) is 0 Å². The lowest BCUT2D eigenvalue weighted by Gasteiger charge is -2.19. The molecule has 0 unspecified atom stereocenters. The van der Waals surface area contributed by atoms with Crippen molar-refractivity contribution in [1.82, 2.24) is 10.6 Å². The Morgan fingerprint density at radius 3 is 1.87 bits per heavy atom. The number of carbonyl (C=O) groups is 2. The van der Waals surface area contributed by atoms with Gasteiger partial charge in [-0.25, -0.2) is 4.79 Å². The highest BCUT2D eigenvalue weighted by molar-refractivity contribution is 5.85. The standard InChI is InChI=1S/C26H28N2O3/c1-20(28-26(30)31-19-21-11-5-2-6-12-21)25(29)27-18-17-24(22-13-7-3-8-14-22)23-15-9-4-10-16-23/h2-16,20,24H,17-19H2,1H3,(H,27,29)(H,28,30)/t20-/m1/s1. The normalized spacial score (nSPS) is 11.5. The second-order valence-corrected chi connectivity index (χ2v) is 7.38. The molecule has 0 fully saturated rings. The van der Waals surface area contributed by atoms with E-state index in [1.165, 1.54) is 11.1 Å². The lowest BCUT2D eigenvalue weighted by Crippen LogP contribution is -2.45. The predicted molar refractivity (Wildman–Crippen MR) is 122 cm³/mol. The van der Waals surface area contributed by atoms with Crippen LogP contribution in [0, 0.1) is 0 Å². The molecule has 0 aliphatic rings. The van der Waals surface area contributed by atoms with Gasteiger partial charge in [0.05, 0.1) is 0 Å². The molecule has 0 saturated carbocycles. The quantitative estimate of drug-likeness (QED) is 0.534. The highest BCUT2D eigenvalue weighted by Crippen LogP contribution is 2.27. The maximum absolute atomic E-state index is 12.4. The lowest BCUT2D eigenvalue weighted by atomic mass is 9.88. The van der Waals surface area contributed by atoms with Gasteiger partial charge in [0, 0.05) is 12.5 Å². The fraction of sp³-hybridized carbons (Fsp3) is 0.231. The van der Waals surface area contributed by atoms with Crippen LogP contribution >= 0.6 is 0 Å². The van der Waals surface area contributed by atoms with Crippen LogP contribution in [0.2, 0.25) is 0 Å². The Morgan fingerprint density at radius 1 is 0.806 bits per heavy atom. The molecule has 0 aliphatic carbocycles. The molecule has 0 radical (unpaired) electrons. The molecule has 3 aromatic rings. The average Bonchev–Trinajstić information content (AvgIpc) is 2.82. The predicted octanol–water partition coefficient (Wildman–Crippen LogP) is 4.64. The van der Waals surface area contributed by atoms with E-state index in [0.29, 0.717) is 6.54 Å². The molecule has 0 heterocycles. The van der Waals surface area contributed by atoms with Crippen molar-refractivity contribution in [2.24, 2.45) is 0 Å². The number of hydrogen-bond acceptors (Lipinski definition) is 3. The van der Waals surface area contributed by atoms with Crippen LogP contribution in [0.5, 0.6) is 0 Å². The van der Waals surface area contributed by atoms with E-state index in [1.807, 2.05) is 66.7 Å². The van der Waals surface area contributed by atoms with Crippen LogP contribution in [0.4, 0.5) is 4.79 Å². The number of hydrogen-bond donors (Lipinski definition) is 2. The summed E-state index contributed by atoms with van der Waals surface area (Å²) in [5.41, 5.74) is 3.31. The van der Waals surface area contributed by atoms with Crippen LogP contribution in [-0.2, 0) is 16.1 Å². The van der Waals surface area contributed by atoms with Crippen LogP contribution in [0.25, 0.3) is 0 Å². The Hall–Kier alpha value is -3.60. The molecule has 0 aromatic heterocycles. The van der Waals surface area contributed by atoms with Crippen LogP contribution in [0.1, 0.15) is 36.0 Å². The van der Waals surface area contributed by atoms with E-state index in [-0.39, 0.29) is 18.4 Å². The zero-order valence-electron chi connectivity index (χ0n) is 17.7. The minimum absolute atomic E-state index is 0.164. The first kappa shape index (κ1) is 22.1. The number of amides is 2. The van der Waals surface area contributed by atoms with Gasteiger partial charge < -0.3 is 15.4 Å². The molecular weight excluding hydrogens is 388 g/mol. The van der Waals surface area contributed by atoms with E-state index in [0.717, 1.165) is 12.0 Å². The van der Waals surface area contributed by atoms with Gasteiger partial charge in [0.15, 0.2) is 0 Å². The number of nitrogens with one attached hydrogen (secondary N) is 2. The number of rotatable bonds is 9. The average molecular weight is 417 g/mol. The third-order valence-corrected chi connectivity index (χ3v) is 5.08. The summed E-state index contributed by atoms with van der Waals surface area (Å²) in [6.45, 7) is 2.31. The van der Waals surface area contributed by atoms with Gasteiger partial charge >= 0.3 is 6.09 Å². The molecule has 3 aromatic carbocycles. The van der Waals surface area contributed by atoms with Gasteiger partial charge in [-0.3, -0.25) is 4.79 Å². The molecule has 2 amide bonds. The third-order valence-electron chi connectivity index (χ3n) is 5.08. The first-order chi connectivity index (χ1) is 15.1. The molecule has 5 heteroatoms. The van der Waals surface area contributed by atoms with E-state index in [1.54, 1.807) is 6.92 Å². The molecule has 0 bridgehead atoms. The fourth-order valence-electron chi connectivity index (χ4n) is 3.40. The summed E-state index contributed by atoms with van der Waals surface area (Å²) >= 11 is 0. The van der Waals surface area contributed by atoms with Gasteiger partial charge in [-0.15, -0.1) is 0 Å². The van der Waals surface area contributed by atoms with Gasteiger partial charge in [0.1, 0.15) is 12.6 Å². The van der Waals surface area contributed by atoms with Crippen LogP contribution < -0.4 is 10.6 Å². The zero-order chi connectivity index (χ0) is 21.9. The fourth-order valence-corrected chi connectivity index (χ4v) is 3.40. The number of ether oxygens (including phenoxy) is 1. The molecule has 31 heavy (non-hydrogen) atoms. The smallest absolute Gasteiger partial charge is 0.408 e. The summed E-state index contributed by atoms with van der Waals surface area (Å²) in [5.74, 6) is -0.0571. The van der Waals surface area contributed by atoms with Crippen LogP contribution in [0.3, 0.4) is 0 Å². The Kier molecular flexibility index (Phi) is 8.23. The molecule has 0 aliphatic heterocycles. The first-order valence-electron chi connectivity index (χ1n) is 10.5. The lowest BCUT2D eigenvalue weighted by molar-refractivity contribution is -0.122. The number of carbonyl (C=O) groups excluding carboxylic acids is 2. The molecule has 0 spiro atoms. The molecule has 160 valence electrons. The highest BCUT2D eigenvalue weighted by Gasteiger charge is 2.18. The van der Waals surface area contributed by atoms with Crippen molar-refractivity contribution in [1.29, 1.82) is 0 Å². The Balaban J connectivity index is 1.47. The third kappa shape index (κ3) is 7.00. The molecule has 1 atom stereocenters. The highest BCUT2D eigenvalue weighted by atomic mass is 16.5. The minimum Gasteiger partial charge on any atom is -0.445 e. The van der Waals surface area contributed by atoms with E-state index in [4.69, 9.17) is 4.74 Å². The van der Waals surface area contributed by atoms with Crippen molar-refractivity contribution >= 4 is 12.0 Å². The van der Waals surface area contributed by atoms with Gasteiger partial charge in [0.2, 0.25) is 5.91 Å². The molecule has 5 nitrogen and oxygen atoms in total. The topological polar surface area (TPSA) is 67.4 Å². The summed E-state index contributed by atoms with van der Waals surface area (Å²) < 4.78 is 5.18. The molecule has 0 saturated heterocycles. The van der Waals surface area contributed by atoms with Crippen LogP contribution in [0.15, 0.2) is 91.0 Å². The van der Waals surface area contributed by atoms with Crippen molar-refractivity contribution in [3.05, 3.63) is 108 Å². The molecular formula is C26H28N2O3. The van der Waals surface area contributed by atoms with E-state index < -0.39 is 12.1 Å². The van der Waals surface area contributed by atoms with Crippen molar-refractivity contribution in [3.63, 3.8) is 0 Å². The largest absolute Gasteiger partial charge is 0.445 e. The van der Waals surface area contributed by atoms with E-state index >= 15 is 0 Å². The zero-order valence-corrected chi connectivity index (χ0v) is 17.7. The van der Waals surface area contributed by atoms with Gasteiger partial charge in [-0.2, -0.15) is 0 Å². The summed E-state index contributed by atoms with van der Waals surface area (Å²) in [6.07, 6.45) is 0.142. The number of alkyl carbamates (subject to hydrolysis) is 1. The van der Waals surface area contributed by atoms with E-state index in [2.05, 4.69) is 34.9 Å². The monoisotopic (exact) mass is 416 g/mol. The molecule has 3 rings (SSSR count). The summed E-state index contributed by atoms with van der Waals surface area (Å²) in [4.78, 5) is 24.4. The van der Waals surface area contributed by atoms with Crippen molar-refractivity contribution in [3.8, 4) is 0 Å². The second-order valence-electron chi connectivity index (χ2n) is 7.38. The Labute approximate surface area is 183 Å². The van der Waals surface area contributed by atoms with Gasteiger partial charge in [-0.05, 0) is 30.0 Å². The first-order valence-corrected chi connectivity index (χ1v) is 10.5.